The van der Waals surface area contributed by atoms with Crippen LogP contribution in [0.25, 0.3) is 0 Å². The van der Waals surface area contributed by atoms with E-state index in [9.17, 15) is 8.42 Å². The standard InChI is InChI=1S/C14H19N3O2S2/c1-9(2)12-8-20-14(16-12)17-21(18,19)13-6-11(7-15)5-4-10(13)3/h4-6,8-9H,7,15H2,1-3H3,(H,16,17). The Kier molecular flexibility index (Phi) is 4.65. The first-order chi connectivity index (χ1) is 9.83. The Labute approximate surface area is 129 Å². The number of aromatic nitrogens is 1. The molecule has 21 heavy (non-hydrogen) atoms. The first kappa shape index (κ1) is 15.9. The maximum absolute atomic E-state index is 12.5. The SMILES string of the molecule is Cc1ccc(CN)cc1S(=O)(=O)Nc1nc(C(C)C)cs1. The van der Waals surface area contributed by atoms with Gasteiger partial charge in [-0.05, 0) is 30.0 Å². The summed E-state index contributed by atoms with van der Waals surface area (Å²) in [6, 6.07) is 5.20. The first-order valence-electron chi connectivity index (χ1n) is 6.61. The fourth-order valence-corrected chi connectivity index (χ4v) is 4.25. The second kappa shape index (κ2) is 6.13. The number of sulfonamides is 1. The third-order valence-corrected chi connectivity index (χ3v) is 5.50. The van der Waals surface area contributed by atoms with Crippen molar-refractivity contribution in [1.82, 2.24) is 4.98 Å². The number of anilines is 1. The second-order valence-corrected chi connectivity index (χ2v) is 7.65. The van der Waals surface area contributed by atoms with Gasteiger partial charge in [-0.3, -0.25) is 4.72 Å². The van der Waals surface area contributed by atoms with Crippen molar-refractivity contribution in [3.8, 4) is 0 Å². The summed E-state index contributed by atoms with van der Waals surface area (Å²) in [5, 5.41) is 2.25. The van der Waals surface area contributed by atoms with E-state index in [1.54, 1.807) is 19.1 Å². The highest BCUT2D eigenvalue weighted by atomic mass is 32.2. The fraction of sp³-hybridized carbons (Fsp3) is 0.357. The zero-order chi connectivity index (χ0) is 15.6. The summed E-state index contributed by atoms with van der Waals surface area (Å²) in [6.45, 7) is 6.10. The van der Waals surface area contributed by atoms with E-state index in [1.165, 1.54) is 11.3 Å². The molecule has 0 bridgehead atoms. The van der Waals surface area contributed by atoms with Crippen molar-refractivity contribution in [2.45, 2.75) is 38.1 Å². The van der Waals surface area contributed by atoms with Crippen molar-refractivity contribution >= 4 is 26.5 Å². The predicted octanol–water partition coefficient (Wildman–Crippen LogP) is 2.83. The molecule has 1 aromatic carbocycles. The topological polar surface area (TPSA) is 85.1 Å². The Bertz CT molecular complexity index is 736. The average Bonchev–Trinajstić information content (AvgIpc) is 2.87. The molecule has 0 aliphatic heterocycles. The number of nitrogens with one attached hydrogen (secondary N) is 1. The Morgan fingerprint density at radius 1 is 1.38 bits per heavy atom. The zero-order valence-corrected chi connectivity index (χ0v) is 13.9. The minimum atomic E-state index is -3.65. The smallest absolute Gasteiger partial charge is 0.263 e. The van der Waals surface area contributed by atoms with Crippen LogP contribution in [-0.2, 0) is 16.6 Å². The van der Waals surface area contributed by atoms with Crippen LogP contribution in [0.4, 0.5) is 5.13 Å². The van der Waals surface area contributed by atoms with E-state index in [0.717, 1.165) is 11.3 Å². The number of nitrogens with zero attached hydrogens (tertiary/aromatic N) is 1. The van der Waals surface area contributed by atoms with Gasteiger partial charge in [-0.2, -0.15) is 0 Å². The molecule has 0 aliphatic carbocycles. The average molecular weight is 325 g/mol. The first-order valence-corrected chi connectivity index (χ1v) is 8.97. The van der Waals surface area contributed by atoms with E-state index < -0.39 is 10.0 Å². The number of thiazole rings is 1. The number of benzene rings is 1. The lowest BCUT2D eigenvalue weighted by Gasteiger charge is -2.10. The Balaban J connectivity index is 2.33. The van der Waals surface area contributed by atoms with Crippen molar-refractivity contribution in [3.05, 3.63) is 40.4 Å². The molecule has 0 radical (unpaired) electrons. The molecule has 2 rings (SSSR count). The molecule has 7 heteroatoms. The highest BCUT2D eigenvalue weighted by Crippen LogP contribution is 2.25. The summed E-state index contributed by atoms with van der Waals surface area (Å²) >= 11 is 1.29. The molecule has 0 fully saturated rings. The van der Waals surface area contributed by atoms with Gasteiger partial charge in [0, 0.05) is 11.9 Å². The summed E-state index contributed by atoms with van der Waals surface area (Å²) in [5.41, 5.74) is 7.92. The number of aryl methyl sites for hydroxylation is 1. The molecule has 0 unspecified atom stereocenters. The van der Waals surface area contributed by atoms with Crippen LogP contribution in [0, 0.1) is 6.92 Å². The Hall–Kier alpha value is -1.44. The number of hydrogen-bond donors (Lipinski definition) is 2. The van der Waals surface area contributed by atoms with Gasteiger partial charge in [0.2, 0.25) is 0 Å². The second-order valence-electron chi connectivity index (χ2n) is 5.14. The molecule has 1 heterocycles. The highest BCUT2D eigenvalue weighted by molar-refractivity contribution is 7.93. The van der Waals surface area contributed by atoms with Crippen LogP contribution in [0.15, 0.2) is 28.5 Å². The van der Waals surface area contributed by atoms with Crippen LogP contribution in [0.2, 0.25) is 0 Å². The largest absolute Gasteiger partial charge is 0.326 e. The molecule has 2 aromatic rings. The van der Waals surface area contributed by atoms with Crippen molar-refractivity contribution in [3.63, 3.8) is 0 Å². The maximum atomic E-state index is 12.5. The van der Waals surface area contributed by atoms with Gasteiger partial charge in [-0.15, -0.1) is 11.3 Å². The number of rotatable bonds is 5. The molecule has 0 aliphatic rings. The summed E-state index contributed by atoms with van der Waals surface area (Å²) < 4.78 is 27.5. The fourth-order valence-electron chi connectivity index (χ4n) is 1.83. The highest BCUT2D eigenvalue weighted by Gasteiger charge is 2.19. The minimum absolute atomic E-state index is 0.242. The van der Waals surface area contributed by atoms with Gasteiger partial charge in [-0.1, -0.05) is 26.0 Å². The summed E-state index contributed by atoms with van der Waals surface area (Å²) in [5.74, 6) is 0.266. The lowest BCUT2D eigenvalue weighted by molar-refractivity contribution is 0.600. The van der Waals surface area contributed by atoms with Gasteiger partial charge in [0.05, 0.1) is 10.6 Å². The minimum Gasteiger partial charge on any atom is -0.326 e. The van der Waals surface area contributed by atoms with Gasteiger partial charge in [0.25, 0.3) is 10.0 Å². The van der Waals surface area contributed by atoms with Gasteiger partial charge in [-0.25, -0.2) is 13.4 Å². The molecular weight excluding hydrogens is 306 g/mol. The predicted molar refractivity (Wildman–Crippen MR) is 86.1 cm³/mol. The monoisotopic (exact) mass is 325 g/mol. The van der Waals surface area contributed by atoms with Crippen molar-refractivity contribution in [1.29, 1.82) is 0 Å². The van der Waals surface area contributed by atoms with E-state index in [0.29, 0.717) is 17.2 Å². The third-order valence-electron chi connectivity index (χ3n) is 3.11. The van der Waals surface area contributed by atoms with Crippen molar-refractivity contribution in [2.24, 2.45) is 5.73 Å². The van der Waals surface area contributed by atoms with Gasteiger partial charge in [0.15, 0.2) is 5.13 Å². The van der Waals surface area contributed by atoms with E-state index in [1.807, 2.05) is 25.3 Å². The molecule has 0 saturated heterocycles. The molecule has 1 aromatic heterocycles. The lowest BCUT2D eigenvalue weighted by atomic mass is 10.1. The van der Waals surface area contributed by atoms with E-state index in [-0.39, 0.29) is 10.8 Å². The van der Waals surface area contributed by atoms with Crippen LogP contribution in [-0.4, -0.2) is 13.4 Å². The lowest BCUT2D eigenvalue weighted by Crippen LogP contribution is -2.15. The molecular formula is C14H19N3O2S2. The molecule has 3 N–H and O–H groups in total. The quantitative estimate of drug-likeness (QED) is 0.885. The van der Waals surface area contributed by atoms with Crippen molar-refractivity contribution < 1.29 is 8.42 Å². The van der Waals surface area contributed by atoms with Crippen LogP contribution >= 0.6 is 11.3 Å². The van der Waals surface area contributed by atoms with Gasteiger partial charge in [0.1, 0.15) is 0 Å². The molecule has 114 valence electrons. The van der Waals surface area contributed by atoms with Gasteiger partial charge < -0.3 is 5.73 Å². The van der Waals surface area contributed by atoms with Gasteiger partial charge >= 0.3 is 0 Å². The summed E-state index contributed by atoms with van der Waals surface area (Å²) in [4.78, 5) is 4.54. The Morgan fingerprint density at radius 2 is 2.10 bits per heavy atom. The zero-order valence-electron chi connectivity index (χ0n) is 12.3. The Morgan fingerprint density at radius 3 is 2.67 bits per heavy atom. The molecule has 0 spiro atoms. The summed E-state index contributed by atoms with van der Waals surface area (Å²) in [7, 11) is -3.65. The van der Waals surface area contributed by atoms with Crippen LogP contribution in [0.3, 0.4) is 0 Å². The normalized spacial score (nSPS) is 11.9. The van der Waals surface area contributed by atoms with E-state index in [2.05, 4.69) is 9.71 Å². The van der Waals surface area contributed by atoms with Crippen LogP contribution in [0.1, 0.15) is 36.6 Å². The third kappa shape index (κ3) is 3.61. The number of nitrogens with two attached hydrogens (primary N) is 1. The molecule has 0 saturated carbocycles. The molecule has 5 nitrogen and oxygen atoms in total. The van der Waals surface area contributed by atoms with Crippen LogP contribution < -0.4 is 10.5 Å². The summed E-state index contributed by atoms with van der Waals surface area (Å²) in [6.07, 6.45) is 0. The maximum Gasteiger partial charge on any atom is 0.263 e. The van der Waals surface area contributed by atoms with E-state index in [4.69, 9.17) is 5.73 Å². The van der Waals surface area contributed by atoms with E-state index >= 15 is 0 Å². The van der Waals surface area contributed by atoms with Crippen molar-refractivity contribution in [2.75, 3.05) is 4.72 Å². The molecule has 0 atom stereocenters. The molecule has 0 amide bonds. The van der Waals surface area contributed by atoms with Crippen LogP contribution in [0.5, 0.6) is 0 Å². The number of hydrogen-bond acceptors (Lipinski definition) is 5.